The molecular formula is C18H22F3NO3. The number of aryl methyl sites for hydroxylation is 1. The molecule has 1 aliphatic rings. The molecule has 1 aromatic carbocycles. The highest BCUT2D eigenvalue weighted by Gasteiger charge is 2.43. The molecule has 0 aromatic heterocycles. The lowest BCUT2D eigenvalue weighted by Crippen LogP contribution is -2.34. The van der Waals surface area contributed by atoms with Gasteiger partial charge in [-0.05, 0) is 56.4 Å². The number of alkyl halides is 3. The summed E-state index contributed by atoms with van der Waals surface area (Å²) in [6, 6.07) is 3.19. The molecule has 1 fully saturated rings. The molecule has 25 heavy (non-hydrogen) atoms. The first kappa shape index (κ1) is 19.3. The molecule has 138 valence electrons. The van der Waals surface area contributed by atoms with E-state index in [0.29, 0.717) is 24.1 Å². The first-order chi connectivity index (χ1) is 11.6. The van der Waals surface area contributed by atoms with Crippen LogP contribution in [0.15, 0.2) is 12.1 Å². The molecule has 4 nitrogen and oxygen atoms in total. The summed E-state index contributed by atoms with van der Waals surface area (Å²) in [6.07, 6.45) is -3.57. The first-order valence-electron chi connectivity index (χ1n) is 8.20. The maximum absolute atomic E-state index is 12.9. The van der Waals surface area contributed by atoms with E-state index < -0.39 is 29.9 Å². The summed E-state index contributed by atoms with van der Waals surface area (Å²) in [6.45, 7) is 3.56. The van der Waals surface area contributed by atoms with Gasteiger partial charge in [0.25, 0.3) is 0 Å². The zero-order valence-electron chi connectivity index (χ0n) is 14.5. The molecule has 1 aliphatic carbocycles. The normalized spacial score (nSPS) is 20.9. The summed E-state index contributed by atoms with van der Waals surface area (Å²) in [7, 11) is 1.27. The zero-order valence-corrected chi connectivity index (χ0v) is 14.5. The first-order valence-corrected chi connectivity index (χ1v) is 8.20. The Balaban J connectivity index is 2.15. The molecule has 0 bridgehead atoms. The second-order valence-corrected chi connectivity index (χ2v) is 6.55. The van der Waals surface area contributed by atoms with Crippen molar-refractivity contribution in [3.05, 3.63) is 28.8 Å². The Hall–Kier alpha value is -2.05. The Morgan fingerprint density at radius 2 is 1.88 bits per heavy atom. The molecule has 1 N–H and O–H groups in total. The summed E-state index contributed by atoms with van der Waals surface area (Å²) >= 11 is 0. The molecule has 1 aromatic rings. The van der Waals surface area contributed by atoms with Gasteiger partial charge in [-0.1, -0.05) is 6.42 Å². The van der Waals surface area contributed by atoms with Crippen molar-refractivity contribution in [2.45, 2.75) is 45.7 Å². The standard InChI is InChI=1S/C18H22F3NO3/c1-10-7-14(9-15(11(10)2)17(24)25-3)22-16(23)12-5-4-6-13(8-12)18(19,20)21/h7,9,12-13H,4-6,8H2,1-3H3,(H,22,23). The number of rotatable bonds is 3. The van der Waals surface area contributed by atoms with Crippen molar-refractivity contribution >= 4 is 17.6 Å². The average molecular weight is 357 g/mol. The molecule has 0 spiro atoms. The highest BCUT2D eigenvalue weighted by atomic mass is 19.4. The minimum Gasteiger partial charge on any atom is -0.465 e. The van der Waals surface area contributed by atoms with Crippen LogP contribution < -0.4 is 5.32 Å². The quantitative estimate of drug-likeness (QED) is 0.816. The van der Waals surface area contributed by atoms with E-state index in [-0.39, 0.29) is 12.8 Å². The molecular weight excluding hydrogens is 335 g/mol. The summed E-state index contributed by atoms with van der Waals surface area (Å²) in [4.78, 5) is 24.2. The Morgan fingerprint density at radius 1 is 1.20 bits per heavy atom. The van der Waals surface area contributed by atoms with E-state index in [1.54, 1.807) is 19.9 Å². The number of hydrogen-bond acceptors (Lipinski definition) is 3. The SMILES string of the molecule is COC(=O)c1cc(NC(=O)C2CCCC(C(F)(F)F)C2)cc(C)c1C. The number of anilines is 1. The second-order valence-electron chi connectivity index (χ2n) is 6.55. The number of methoxy groups -OCH3 is 1. The Kier molecular flexibility index (Phi) is 5.75. The van der Waals surface area contributed by atoms with Gasteiger partial charge in [-0.25, -0.2) is 4.79 Å². The Bertz CT molecular complexity index is 670. The largest absolute Gasteiger partial charge is 0.465 e. The number of nitrogens with one attached hydrogen (secondary N) is 1. The molecule has 0 heterocycles. The van der Waals surface area contributed by atoms with Gasteiger partial charge in [-0.2, -0.15) is 13.2 Å². The maximum Gasteiger partial charge on any atom is 0.391 e. The number of ether oxygens (including phenoxy) is 1. The van der Waals surface area contributed by atoms with Gasteiger partial charge in [0.1, 0.15) is 0 Å². The van der Waals surface area contributed by atoms with E-state index in [1.165, 1.54) is 13.2 Å². The predicted octanol–water partition coefficient (Wildman–Crippen LogP) is 4.40. The topological polar surface area (TPSA) is 55.4 Å². The van der Waals surface area contributed by atoms with E-state index in [0.717, 1.165) is 11.1 Å². The lowest BCUT2D eigenvalue weighted by atomic mass is 9.80. The number of amides is 1. The monoisotopic (exact) mass is 357 g/mol. The van der Waals surface area contributed by atoms with E-state index >= 15 is 0 Å². The minimum atomic E-state index is -4.27. The van der Waals surface area contributed by atoms with Crippen LogP contribution in [0.3, 0.4) is 0 Å². The fourth-order valence-electron chi connectivity index (χ4n) is 3.22. The molecule has 1 amide bonds. The van der Waals surface area contributed by atoms with Gasteiger partial charge in [0, 0.05) is 11.6 Å². The third-order valence-electron chi connectivity index (χ3n) is 4.85. The van der Waals surface area contributed by atoms with Crippen LogP contribution >= 0.6 is 0 Å². The average Bonchev–Trinajstić information content (AvgIpc) is 2.56. The third-order valence-corrected chi connectivity index (χ3v) is 4.85. The van der Waals surface area contributed by atoms with Crippen LogP contribution in [0.2, 0.25) is 0 Å². The van der Waals surface area contributed by atoms with Crippen LogP contribution in [-0.2, 0) is 9.53 Å². The van der Waals surface area contributed by atoms with Crippen LogP contribution in [0.1, 0.15) is 47.2 Å². The molecule has 2 unspecified atom stereocenters. The van der Waals surface area contributed by atoms with E-state index in [4.69, 9.17) is 4.74 Å². The predicted molar refractivity (Wildman–Crippen MR) is 87.4 cm³/mol. The molecule has 0 saturated heterocycles. The van der Waals surface area contributed by atoms with Crippen molar-refractivity contribution in [2.24, 2.45) is 11.8 Å². The zero-order chi connectivity index (χ0) is 18.8. The van der Waals surface area contributed by atoms with Gasteiger partial charge < -0.3 is 10.1 Å². The van der Waals surface area contributed by atoms with Crippen LogP contribution in [0.25, 0.3) is 0 Å². The van der Waals surface area contributed by atoms with Crippen molar-refractivity contribution in [2.75, 3.05) is 12.4 Å². The van der Waals surface area contributed by atoms with Gasteiger partial charge in [-0.3, -0.25) is 4.79 Å². The van der Waals surface area contributed by atoms with Gasteiger partial charge in [0.05, 0.1) is 18.6 Å². The summed E-state index contributed by atoms with van der Waals surface area (Å²) in [5.74, 6) is -3.06. The summed E-state index contributed by atoms with van der Waals surface area (Å²) in [5, 5.41) is 2.66. The van der Waals surface area contributed by atoms with Crippen LogP contribution in [0, 0.1) is 25.7 Å². The lowest BCUT2D eigenvalue weighted by Gasteiger charge is -2.29. The van der Waals surface area contributed by atoms with Crippen molar-refractivity contribution in [3.8, 4) is 0 Å². The number of esters is 1. The summed E-state index contributed by atoms with van der Waals surface area (Å²) < 4.78 is 43.4. The molecule has 7 heteroatoms. The maximum atomic E-state index is 12.9. The van der Waals surface area contributed by atoms with Crippen LogP contribution in [0.5, 0.6) is 0 Å². The van der Waals surface area contributed by atoms with Crippen LogP contribution in [0.4, 0.5) is 18.9 Å². The molecule has 0 radical (unpaired) electrons. The van der Waals surface area contributed by atoms with E-state index in [9.17, 15) is 22.8 Å². The Labute approximate surface area is 144 Å². The van der Waals surface area contributed by atoms with Crippen molar-refractivity contribution in [1.82, 2.24) is 0 Å². The van der Waals surface area contributed by atoms with Crippen LogP contribution in [-0.4, -0.2) is 25.2 Å². The van der Waals surface area contributed by atoms with Crippen molar-refractivity contribution < 1.29 is 27.5 Å². The van der Waals surface area contributed by atoms with Crippen molar-refractivity contribution in [1.29, 1.82) is 0 Å². The van der Waals surface area contributed by atoms with Gasteiger partial charge in [-0.15, -0.1) is 0 Å². The third kappa shape index (κ3) is 4.52. The molecule has 0 aliphatic heterocycles. The smallest absolute Gasteiger partial charge is 0.391 e. The number of hydrogen-bond donors (Lipinski definition) is 1. The van der Waals surface area contributed by atoms with Gasteiger partial charge in [0.15, 0.2) is 0 Å². The summed E-state index contributed by atoms with van der Waals surface area (Å²) in [5.41, 5.74) is 2.24. The molecule has 1 saturated carbocycles. The highest BCUT2D eigenvalue weighted by Crippen LogP contribution is 2.40. The van der Waals surface area contributed by atoms with E-state index in [1.807, 2.05) is 0 Å². The van der Waals surface area contributed by atoms with Crippen molar-refractivity contribution in [3.63, 3.8) is 0 Å². The fraction of sp³-hybridized carbons (Fsp3) is 0.556. The lowest BCUT2D eigenvalue weighted by molar-refractivity contribution is -0.185. The number of halogens is 3. The molecule has 2 atom stereocenters. The molecule has 2 rings (SSSR count). The Morgan fingerprint density at radius 3 is 2.48 bits per heavy atom. The number of carbonyl (C=O) groups excluding carboxylic acids is 2. The minimum absolute atomic E-state index is 0.0728. The van der Waals surface area contributed by atoms with Gasteiger partial charge in [0.2, 0.25) is 5.91 Å². The number of benzene rings is 1. The number of carbonyl (C=O) groups is 2. The van der Waals surface area contributed by atoms with E-state index in [2.05, 4.69) is 5.32 Å². The second kappa shape index (κ2) is 7.45. The highest BCUT2D eigenvalue weighted by molar-refractivity contribution is 5.96. The van der Waals surface area contributed by atoms with Gasteiger partial charge >= 0.3 is 12.1 Å². The fourth-order valence-corrected chi connectivity index (χ4v) is 3.22.